The van der Waals surface area contributed by atoms with Crippen molar-refractivity contribution in [1.29, 1.82) is 0 Å². The summed E-state index contributed by atoms with van der Waals surface area (Å²) < 4.78 is 0. The third-order valence-electron chi connectivity index (χ3n) is 5.98. The van der Waals surface area contributed by atoms with Crippen molar-refractivity contribution in [3.05, 3.63) is 39.9 Å². The molecule has 1 fully saturated rings. The minimum atomic E-state index is -0.802. The predicted molar refractivity (Wildman–Crippen MR) is 113 cm³/mol. The average Bonchev–Trinajstić information content (AvgIpc) is 3.02. The second kappa shape index (κ2) is 10.4. The summed E-state index contributed by atoms with van der Waals surface area (Å²) in [6, 6.07) is 6.61. The van der Waals surface area contributed by atoms with Crippen LogP contribution in [0.2, 0.25) is 0 Å². The molecule has 29 heavy (non-hydrogen) atoms. The SMILES string of the molecule is CCC1CC(C)(NC(=O)C(N)c2ccccc2NCCCO[N+](=O)[O-])CC1CC. The molecule has 0 bridgehead atoms. The van der Waals surface area contributed by atoms with Crippen molar-refractivity contribution in [1.82, 2.24) is 5.32 Å². The molecule has 0 aliphatic heterocycles. The van der Waals surface area contributed by atoms with Gasteiger partial charge in [-0.05, 0) is 44.1 Å². The van der Waals surface area contributed by atoms with Gasteiger partial charge in [0.15, 0.2) is 0 Å². The second-order valence-electron chi connectivity index (χ2n) is 8.20. The van der Waals surface area contributed by atoms with Crippen LogP contribution in [-0.4, -0.2) is 29.7 Å². The molecule has 0 spiro atoms. The van der Waals surface area contributed by atoms with Gasteiger partial charge in [0.2, 0.25) is 5.91 Å². The Morgan fingerprint density at radius 2 is 1.93 bits per heavy atom. The van der Waals surface area contributed by atoms with E-state index in [0.29, 0.717) is 30.4 Å². The number of hydrogen-bond donors (Lipinski definition) is 3. The van der Waals surface area contributed by atoms with Gasteiger partial charge in [-0.1, -0.05) is 44.9 Å². The van der Waals surface area contributed by atoms with E-state index in [1.807, 2.05) is 24.3 Å². The molecular formula is C21H34N4O4. The molecule has 8 nitrogen and oxygen atoms in total. The van der Waals surface area contributed by atoms with Crippen molar-refractivity contribution < 1.29 is 14.7 Å². The fraction of sp³-hybridized carbons (Fsp3) is 0.667. The van der Waals surface area contributed by atoms with Crippen LogP contribution < -0.4 is 16.4 Å². The molecule has 3 atom stereocenters. The van der Waals surface area contributed by atoms with Crippen molar-refractivity contribution in [2.75, 3.05) is 18.5 Å². The molecule has 2 rings (SSSR count). The van der Waals surface area contributed by atoms with E-state index in [1.165, 1.54) is 0 Å². The van der Waals surface area contributed by atoms with Crippen LogP contribution in [0.25, 0.3) is 0 Å². The fourth-order valence-electron chi connectivity index (χ4n) is 4.51. The molecule has 0 heterocycles. The molecular weight excluding hydrogens is 372 g/mol. The van der Waals surface area contributed by atoms with Gasteiger partial charge in [-0.15, -0.1) is 10.1 Å². The van der Waals surface area contributed by atoms with Gasteiger partial charge in [-0.3, -0.25) is 4.79 Å². The largest absolute Gasteiger partial charge is 0.385 e. The molecule has 1 saturated carbocycles. The number of amides is 1. The van der Waals surface area contributed by atoms with Gasteiger partial charge in [0.05, 0.1) is 6.61 Å². The standard InChI is InChI=1S/C21H34N4O4/c1-4-15-13-21(3,14-16(15)5-2)24-20(26)19(22)17-9-6-7-10-18(17)23-11-8-12-29-25(27)28/h6-7,9-10,15-16,19,23H,4-5,8,11-14,22H2,1-3H3,(H,24,26). The lowest BCUT2D eigenvalue weighted by atomic mass is 9.92. The number of carbonyl (C=O) groups excluding carboxylic acids is 1. The molecule has 1 aromatic rings. The minimum Gasteiger partial charge on any atom is -0.385 e. The summed E-state index contributed by atoms with van der Waals surface area (Å²) in [6.45, 7) is 7.05. The Bertz CT molecular complexity index is 685. The van der Waals surface area contributed by atoms with Crippen molar-refractivity contribution in [3.63, 3.8) is 0 Å². The Morgan fingerprint density at radius 3 is 2.52 bits per heavy atom. The molecule has 1 aromatic carbocycles. The summed E-state index contributed by atoms with van der Waals surface area (Å²) in [5.74, 6) is 1.10. The lowest BCUT2D eigenvalue weighted by molar-refractivity contribution is -0.757. The smallest absolute Gasteiger partial charge is 0.294 e. The second-order valence-corrected chi connectivity index (χ2v) is 8.20. The maximum atomic E-state index is 12.9. The van der Waals surface area contributed by atoms with Crippen LogP contribution in [0.4, 0.5) is 5.69 Å². The maximum absolute atomic E-state index is 12.9. The van der Waals surface area contributed by atoms with Crippen LogP contribution in [-0.2, 0) is 9.63 Å². The van der Waals surface area contributed by atoms with Crippen LogP contribution in [0.1, 0.15) is 64.5 Å². The highest BCUT2D eigenvalue weighted by atomic mass is 16.9. The number of nitrogens with two attached hydrogens (primary N) is 1. The van der Waals surface area contributed by atoms with Crippen LogP contribution in [0.15, 0.2) is 24.3 Å². The molecule has 1 aliphatic rings. The van der Waals surface area contributed by atoms with E-state index >= 15 is 0 Å². The molecule has 1 amide bonds. The zero-order valence-corrected chi connectivity index (χ0v) is 17.6. The van der Waals surface area contributed by atoms with E-state index in [4.69, 9.17) is 5.73 Å². The maximum Gasteiger partial charge on any atom is 0.294 e. The first kappa shape index (κ1) is 22.9. The summed E-state index contributed by atoms with van der Waals surface area (Å²) in [4.78, 5) is 27.4. The highest BCUT2D eigenvalue weighted by Gasteiger charge is 2.42. The molecule has 0 radical (unpaired) electrons. The predicted octanol–water partition coefficient (Wildman–Crippen LogP) is 3.42. The van der Waals surface area contributed by atoms with Gasteiger partial charge < -0.3 is 21.2 Å². The topological polar surface area (TPSA) is 120 Å². The lowest BCUT2D eigenvalue weighted by Gasteiger charge is -2.28. The monoisotopic (exact) mass is 406 g/mol. The molecule has 0 saturated heterocycles. The van der Waals surface area contributed by atoms with Gasteiger partial charge >= 0.3 is 0 Å². The normalized spacial score (nSPS) is 24.7. The van der Waals surface area contributed by atoms with Gasteiger partial charge in [0.25, 0.3) is 5.09 Å². The van der Waals surface area contributed by atoms with Gasteiger partial charge in [-0.25, -0.2) is 0 Å². The van der Waals surface area contributed by atoms with Crippen LogP contribution >= 0.6 is 0 Å². The van der Waals surface area contributed by atoms with Gasteiger partial charge in [-0.2, -0.15) is 0 Å². The Kier molecular flexibility index (Phi) is 8.25. The molecule has 1 aliphatic carbocycles. The number of carbonyl (C=O) groups is 1. The lowest BCUT2D eigenvalue weighted by Crippen LogP contribution is -2.48. The van der Waals surface area contributed by atoms with Crippen molar-refractivity contribution in [3.8, 4) is 0 Å². The molecule has 8 heteroatoms. The zero-order chi connectivity index (χ0) is 21.4. The molecule has 0 aromatic heterocycles. The first-order valence-corrected chi connectivity index (χ1v) is 10.5. The van der Waals surface area contributed by atoms with E-state index in [-0.39, 0.29) is 18.1 Å². The summed E-state index contributed by atoms with van der Waals surface area (Å²) in [5.41, 5.74) is 7.56. The van der Waals surface area contributed by atoms with Crippen LogP contribution in [0, 0.1) is 22.0 Å². The first-order chi connectivity index (χ1) is 13.8. The van der Waals surface area contributed by atoms with Crippen molar-refractivity contribution in [2.24, 2.45) is 17.6 Å². The van der Waals surface area contributed by atoms with Crippen LogP contribution in [0.5, 0.6) is 0 Å². The molecule has 3 unspecified atom stereocenters. The zero-order valence-electron chi connectivity index (χ0n) is 17.6. The van der Waals surface area contributed by atoms with E-state index in [1.54, 1.807) is 0 Å². The quantitative estimate of drug-likeness (QED) is 0.294. The van der Waals surface area contributed by atoms with Crippen molar-refractivity contribution >= 4 is 11.6 Å². The summed E-state index contributed by atoms with van der Waals surface area (Å²) in [5, 5.41) is 15.8. The summed E-state index contributed by atoms with van der Waals surface area (Å²) in [6.07, 6.45) is 4.69. The van der Waals surface area contributed by atoms with E-state index in [0.717, 1.165) is 31.4 Å². The Balaban J connectivity index is 1.98. The van der Waals surface area contributed by atoms with E-state index < -0.39 is 11.1 Å². The Labute approximate surface area is 172 Å². The number of rotatable bonds is 11. The number of benzene rings is 1. The van der Waals surface area contributed by atoms with Gasteiger partial charge in [0, 0.05) is 23.3 Å². The third kappa shape index (κ3) is 6.32. The highest BCUT2D eigenvalue weighted by Crippen LogP contribution is 2.42. The Morgan fingerprint density at radius 1 is 1.31 bits per heavy atom. The fourth-order valence-corrected chi connectivity index (χ4v) is 4.51. The Hall–Kier alpha value is -2.35. The summed E-state index contributed by atoms with van der Waals surface area (Å²) in [7, 11) is 0. The molecule has 4 N–H and O–H groups in total. The van der Waals surface area contributed by atoms with E-state index in [9.17, 15) is 14.9 Å². The summed E-state index contributed by atoms with van der Waals surface area (Å²) >= 11 is 0. The number of nitrogens with one attached hydrogen (secondary N) is 2. The third-order valence-corrected chi connectivity index (χ3v) is 5.98. The number of para-hydroxylation sites is 1. The molecule has 162 valence electrons. The highest BCUT2D eigenvalue weighted by molar-refractivity contribution is 5.85. The number of anilines is 1. The number of nitrogens with zero attached hydrogens (tertiary/aromatic N) is 1. The van der Waals surface area contributed by atoms with Crippen LogP contribution in [0.3, 0.4) is 0 Å². The minimum absolute atomic E-state index is 0.0181. The van der Waals surface area contributed by atoms with Crippen molar-refractivity contribution in [2.45, 2.75) is 64.5 Å². The van der Waals surface area contributed by atoms with E-state index in [2.05, 4.69) is 36.2 Å². The number of hydrogen-bond acceptors (Lipinski definition) is 6. The average molecular weight is 407 g/mol. The van der Waals surface area contributed by atoms with Gasteiger partial charge in [0.1, 0.15) is 6.04 Å². The first-order valence-electron chi connectivity index (χ1n) is 10.5.